The normalized spacial score (nSPS) is 13.0. The van der Waals surface area contributed by atoms with E-state index >= 15 is 0 Å². The molecule has 6 heteroatoms. The molecule has 1 aromatic heterocycles. The highest BCUT2D eigenvalue weighted by molar-refractivity contribution is 5.40. The Kier molecular flexibility index (Phi) is 6.09. The molecular weight excluding hydrogens is 386 g/mol. The number of hydrogen-bond acceptors (Lipinski definition) is 4. The van der Waals surface area contributed by atoms with E-state index in [2.05, 4.69) is 85.0 Å². The van der Waals surface area contributed by atoms with Gasteiger partial charge in [-0.3, -0.25) is 0 Å². The van der Waals surface area contributed by atoms with Crippen molar-refractivity contribution in [3.63, 3.8) is 0 Å². The Morgan fingerprint density at radius 1 is 0.935 bits per heavy atom. The van der Waals surface area contributed by atoms with Crippen molar-refractivity contribution in [2.45, 2.75) is 26.4 Å². The fourth-order valence-electron chi connectivity index (χ4n) is 4.12. The minimum atomic E-state index is -0.0294. The van der Waals surface area contributed by atoms with Crippen LogP contribution < -0.4 is 9.64 Å². The first-order valence-electron chi connectivity index (χ1n) is 10.4. The number of methoxy groups -OCH3 is 1. The summed E-state index contributed by atoms with van der Waals surface area (Å²) in [6.07, 6.45) is 0. The van der Waals surface area contributed by atoms with E-state index in [9.17, 15) is 0 Å². The van der Waals surface area contributed by atoms with Gasteiger partial charge in [-0.15, -0.1) is 5.10 Å². The molecule has 4 aromatic rings. The van der Waals surface area contributed by atoms with E-state index in [-0.39, 0.29) is 6.04 Å². The number of rotatable bonds is 7. The standard InChI is InChI=1S/C25H27N5O/c1-18-10-8-9-13-22(18)30-25(26-27-28-30)24(21-11-6-5-7-12-21)29(3)17-20-14-15-23(31-4)19(2)16-20/h5-16,24H,17H2,1-4H3/p+1/t24-/m1/s1. The number of ether oxygens (including phenoxy) is 1. The van der Waals surface area contributed by atoms with Gasteiger partial charge in [0.05, 0.1) is 19.8 Å². The van der Waals surface area contributed by atoms with Crippen LogP contribution in [0.1, 0.15) is 34.1 Å². The van der Waals surface area contributed by atoms with Crippen LogP contribution >= 0.6 is 0 Å². The number of nitrogens with zero attached hydrogens (tertiary/aromatic N) is 4. The number of para-hydroxylation sites is 1. The first-order chi connectivity index (χ1) is 15.1. The molecule has 4 rings (SSSR count). The lowest BCUT2D eigenvalue weighted by atomic mass is 10.0. The monoisotopic (exact) mass is 414 g/mol. The van der Waals surface area contributed by atoms with Gasteiger partial charge in [0.2, 0.25) is 5.82 Å². The van der Waals surface area contributed by atoms with Crippen molar-refractivity contribution >= 4 is 0 Å². The van der Waals surface area contributed by atoms with E-state index < -0.39 is 0 Å². The Labute approximate surface area is 183 Å². The van der Waals surface area contributed by atoms with Gasteiger partial charge in [0.25, 0.3) is 0 Å². The van der Waals surface area contributed by atoms with Gasteiger partial charge in [0.15, 0.2) is 6.04 Å². The van der Waals surface area contributed by atoms with Gasteiger partial charge in [-0.25, -0.2) is 0 Å². The highest BCUT2D eigenvalue weighted by atomic mass is 16.5. The molecule has 0 fully saturated rings. The fourth-order valence-corrected chi connectivity index (χ4v) is 4.12. The number of benzene rings is 3. The van der Waals surface area contributed by atoms with Crippen molar-refractivity contribution in [1.82, 2.24) is 20.2 Å². The van der Waals surface area contributed by atoms with Crippen molar-refractivity contribution in [3.05, 3.63) is 101 Å². The summed E-state index contributed by atoms with van der Waals surface area (Å²) in [6, 6.07) is 24.9. The molecule has 0 spiro atoms. The molecule has 1 heterocycles. The fraction of sp³-hybridized carbons (Fsp3) is 0.240. The number of hydrogen-bond donors (Lipinski definition) is 1. The maximum Gasteiger partial charge on any atom is 0.218 e. The maximum absolute atomic E-state index is 5.42. The summed E-state index contributed by atoms with van der Waals surface area (Å²) in [5, 5.41) is 12.9. The molecule has 0 aliphatic rings. The van der Waals surface area contributed by atoms with Crippen LogP contribution in [0.25, 0.3) is 5.69 Å². The maximum atomic E-state index is 5.42. The molecule has 2 atom stereocenters. The predicted molar refractivity (Wildman–Crippen MR) is 120 cm³/mol. The average molecular weight is 415 g/mol. The van der Waals surface area contributed by atoms with Gasteiger partial charge in [-0.1, -0.05) is 48.5 Å². The molecular formula is C25H28N5O+. The molecule has 0 saturated carbocycles. The van der Waals surface area contributed by atoms with Gasteiger partial charge in [-0.2, -0.15) is 4.68 Å². The molecule has 6 nitrogen and oxygen atoms in total. The zero-order chi connectivity index (χ0) is 21.8. The molecule has 0 saturated heterocycles. The van der Waals surface area contributed by atoms with Gasteiger partial charge in [0.1, 0.15) is 12.3 Å². The molecule has 0 aliphatic carbocycles. The summed E-state index contributed by atoms with van der Waals surface area (Å²) in [5.74, 6) is 1.73. The van der Waals surface area contributed by atoms with Crippen LogP contribution in [-0.4, -0.2) is 34.4 Å². The zero-order valence-electron chi connectivity index (χ0n) is 18.4. The van der Waals surface area contributed by atoms with Crippen LogP contribution in [0.2, 0.25) is 0 Å². The van der Waals surface area contributed by atoms with E-state index in [0.29, 0.717) is 0 Å². The number of tetrazole rings is 1. The lowest BCUT2D eigenvalue weighted by Crippen LogP contribution is -3.08. The molecule has 0 radical (unpaired) electrons. The molecule has 31 heavy (non-hydrogen) atoms. The third-order valence-electron chi connectivity index (χ3n) is 5.66. The molecule has 3 aromatic carbocycles. The smallest absolute Gasteiger partial charge is 0.218 e. The van der Waals surface area contributed by atoms with Crippen LogP contribution in [0.3, 0.4) is 0 Å². The summed E-state index contributed by atoms with van der Waals surface area (Å²) < 4.78 is 7.29. The van der Waals surface area contributed by atoms with Crippen LogP contribution in [-0.2, 0) is 6.54 Å². The number of nitrogens with one attached hydrogen (secondary N) is 1. The summed E-state index contributed by atoms with van der Waals surface area (Å²) in [7, 11) is 3.89. The third-order valence-corrected chi connectivity index (χ3v) is 5.66. The van der Waals surface area contributed by atoms with E-state index in [1.807, 2.05) is 28.9 Å². The van der Waals surface area contributed by atoms with E-state index in [1.165, 1.54) is 16.0 Å². The molecule has 0 bridgehead atoms. The van der Waals surface area contributed by atoms with Crippen molar-refractivity contribution in [1.29, 1.82) is 0 Å². The summed E-state index contributed by atoms with van der Waals surface area (Å²) in [5.41, 5.74) is 5.68. The molecule has 1 N–H and O–H groups in total. The highest BCUT2D eigenvalue weighted by Gasteiger charge is 2.30. The number of quaternary nitrogens is 1. The van der Waals surface area contributed by atoms with Crippen LogP contribution in [0, 0.1) is 13.8 Å². The van der Waals surface area contributed by atoms with Gasteiger partial charge in [-0.05, 0) is 59.7 Å². The first kappa shape index (κ1) is 20.8. The zero-order valence-corrected chi connectivity index (χ0v) is 18.4. The van der Waals surface area contributed by atoms with Crippen molar-refractivity contribution < 1.29 is 9.64 Å². The second-order valence-corrected chi connectivity index (χ2v) is 7.91. The van der Waals surface area contributed by atoms with Gasteiger partial charge < -0.3 is 9.64 Å². The topological polar surface area (TPSA) is 57.3 Å². The Morgan fingerprint density at radius 2 is 1.68 bits per heavy atom. The minimum absolute atomic E-state index is 0.0294. The second-order valence-electron chi connectivity index (χ2n) is 7.91. The lowest BCUT2D eigenvalue weighted by molar-refractivity contribution is -0.920. The van der Waals surface area contributed by atoms with Crippen molar-refractivity contribution in [2.24, 2.45) is 0 Å². The number of aromatic nitrogens is 4. The molecule has 158 valence electrons. The average Bonchev–Trinajstić information content (AvgIpc) is 3.24. The van der Waals surface area contributed by atoms with Crippen molar-refractivity contribution in [3.8, 4) is 11.4 Å². The van der Waals surface area contributed by atoms with Crippen molar-refractivity contribution in [2.75, 3.05) is 14.2 Å². The Hall–Kier alpha value is -3.51. The van der Waals surface area contributed by atoms with Gasteiger partial charge >= 0.3 is 0 Å². The number of aryl methyl sites for hydroxylation is 2. The SMILES string of the molecule is COc1ccc(C[NH+](C)[C@H](c2ccccc2)c2nnnn2-c2ccccc2C)cc1C. The summed E-state index contributed by atoms with van der Waals surface area (Å²) in [6.45, 7) is 4.98. The molecule has 0 aliphatic heterocycles. The quantitative estimate of drug-likeness (QED) is 0.505. The first-order valence-corrected chi connectivity index (χ1v) is 10.4. The predicted octanol–water partition coefficient (Wildman–Crippen LogP) is 3.09. The van der Waals surface area contributed by atoms with Crippen LogP contribution in [0.5, 0.6) is 5.75 Å². The van der Waals surface area contributed by atoms with E-state index in [0.717, 1.165) is 34.9 Å². The Bertz CT molecular complexity index is 1160. The molecule has 1 unspecified atom stereocenters. The second kappa shape index (κ2) is 9.10. The minimum Gasteiger partial charge on any atom is -0.496 e. The molecule has 0 amide bonds. The Morgan fingerprint density at radius 3 is 2.39 bits per heavy atom. The largest absolute Gasteiger partial charge is 0.496 e. The third kappa shape index (κ3) is 4.34. The van der Waals surface area contributed by atoms with E-state index in [1.54, 1.807) is 7.11 Å². The summed E-state index contributed by atoms with van der Waals surface area (Å²) in [4.78, 5) is 1.28. The van der Waals surface area contributed by atoms with Crippen LogP contribution in [0.4, 0.5) is 0 Å². The van der Waals surface area contributed by atoms with Gasteiger partial charge in [0, 0.05) is 11.1 Å². The van der Waals surface area contributed by atoms with Crippen LogP contribution in [0.15, 0.2) is 72.8 Å². The van der Waals surface area contributed by atoms with E-state index in [4.69, 9.17) is 4.74 Å². The lowest BCUT2D eigenvalue weighted by Gasteiger charge is -2.25. The summed E-state index contributed by atoms with van der Waals surface area (Å²) >= 11 is 0. The Balaban J connectivity index is 1.74. The highest BCUT2D eigenvalue weighted by Crippen LogP contribution is 2.22.